The Morgan fingerprint density at radius 3 is 2.60 bits per heavy atom. The number of carbonyl (C=O) groups is 1. The first kappa shape index (κ1) is 14.8. The Bertz CT molecular complexity index is 498. The van der Waals surface area contributed by atoms with Crippen LogP contribution >= 0.6 is 0 Å². The highest BCUT2D eigenvalue weighted by molar-refractivity contribution is 5.95. The molecule has 2 rings (SSSR count). The van der Waals surface area contributed by atoms with Gasteiger partial charge in [0.25, 0.3) is 5.91 Å². The summed E-state index contributed by atoms with van der Waals surface area (Å²) in [6.07, 6.45) is 1.09. The van der Waals surface area contributed by atoms with Gasteiger partial charge in [-0.05, 0) is 37.3 Å². The zero-order valence-electron chi connectivity index (χ0n) is 13.1. The van der Waals surface area contributed by atoms with Crippen molar-refractivity contribution < 1.29 is 4.79 Å². The molecule has 1 aromatic rings. The van der Waals surface area contributed by atoms with Gasteiger partial charge in [-0.1, -0.05) is 20.8 Å². The van der Waals surface area contributed by atoms with Crippen LogP contribution in [0.5, 0.6) is 0 Å². The molecule has 1 amide bonds. The maximum absolute atomic E-state index is 12.7. The second kappa shape index (κ2) is 5.81. The van der Waals surface area contributed by atoms with Crippen LogP contribution in [0.3, 0.4) is 0 Å². The largest absolute Gasteiger partial charge is 0.373 e. The molecule has 0 spiro atoms. The summed E-state index contributed by atoms with van der Waals surface area (Å²) in [6, 6.07) is 4.11. The van der Waals surface area contributed by atoms with E-state index in [0.29, 0.717) is 17.9 Å². The van der Waals surface area contributed by atoms with Crippen molar-refractivity contribution in [3.8, 4) is 0 Å². The minimum Gasteiger partial charge on any atom is -0.373 e. The third-order valence-electron chi connectivity index (χ3n) is 3.98. The molecule has 0 radical (unpaired) electrons. The fraction of sp³-hybridized carbons (Fsp3) is 0.625. The van der Waals surface area contributed by atoms with Crippen LogP contribution in [0.15, 0.2) is 12.1 Å². The standard InChI is InChI=1S/C16H25N3O/c1-10(2)14-7-13(8-15(17-5)18-14)16(20)19-9-11(3)6-12(19)4/h7-8,10-12H,6,9H2,1-5H3,(H,17,18). The molecule has 1 aliphatic rings. The van der Waals surface area contributed by atoms with Crippen molar-refractivity contribution in [3.63, 3.8) is 0 Å². The van der Waals surface area contributed by atoms with Crippen molar-refractivity contribution in [2.75, 3.05) is 18.9 Å². The molecule has 0 saturated carbocycles. The molecule has 110 valence electrons. The first-order chi connectivity index (χ1) is 9.42. The number of nitrogens with zero attached hydrogens (tertiary/aromatic N) is 2. The van der Waals surface area contributed by atoms with Crippen molar-refractivity contribution in [1.29, 1.82) is 0 Å². The average molecular weight is 275 g/mol. The third-order valence-corrected chi connectivity index (χ3v) is 3.98. The quantitative estimate of drug-likeness (QED) is 0.922. The molecule has 2 unspecified atom stereocenters. The topological polar surface area (TPSA) is 45.2 Å². The lowest BCUT2D eigenvalue weighted by Crippen LogP contribution is -2.34. The number of pyridine rings is 1. The van der Waals surface area contributed by atoms with Crippen molar-refractivity contribution in [2.45, 2.75) is 46.1 Å². The van der Waals surface area contributed by atoms with Gasteiger partial charge in [0.2, 0.25) is 0 Å². The van der Waals surface area contributed by atoms with E-state index >= 15 is 0 Å². The number of anilines is 1. The van der Waals surface area contributed by atoms with Crippen molar-refractivity contribution in [1.82, 2.24) is 9.88 Å². The summed E-state index contributed by atoms with van der Waals surface area (Å²) in [5, 5.41) is 3.05. The number of amides is 1. The summed E-state index contributed by atoms with van der Waals surface area (Å²) in [6.45, 7) is 9.38. The summed E-state index contributed by atoms with van der Waals surface area (Å²) in [5.41, 5.74) is 1.70. The van der Waals surface area contributed by atoms with Crippen LogP contribution in [0.4, 0.5) is 5.82 Å². The Hall–Kier alpha value is -1.58. The molecule has 1 aromatic heterocycles. The molecule has 0 aliphatic carbocycles. The minimum atomic E-state index is 0.127. The summed E-state index contributed by atoms with van der Waals surface area (Å²) in [4.78, 5) is 19.2. The SMILES string of the molecule is CNc1cc(C(=O)N2CC(C)CC2C)cc(C(C)C)n1. The predicted molar refractivity (Wildman–Crippen MR) is 82.2 cm³/mol. The summed E-state index contributed by atoms with van der Waals surface area (Å²) < 4.78 is 0. The molecule has 0 bridgehead atoms. The van der Waals surface area contributed by atoms with Gasteiger partial charge in [0, 0.05) is 30.9 Å². The van der Waals surface area contributed by atoms with Crippen LogP contribution in [0, 0.1) is 5.92 Å². The van der Waals surface area contributed by atoms with E-state index < -0.39 is 0 Å². The molecule has 2 heterocycles. The Balaban J connectivity index is 2.31. The van der Waals surface area contributed by atoms with Crippen LogP contribution < -0.4 is 5.32 Å². The van der Waals surface area contributed by atoms with Crippen LogP contribution in [-0.2, 0) is 0 Å². The molecule has 2 atom stereocenters. The van der Waals surface area contributed by atoms with E-state index in [1.165, 1.54) is 0 Å². The Morgan fingerprint density at radius 1 is 1.40 bits per heavy atom. The van der Waals surface area contributed by atoms with Crippen LogP contribution in [0.2, 0.25) is 0 Å². The number of carbonyl (C=O) groups excluding carboxylic acids is 1. The molecular weight excluding hydrogens is 250 g/mol. The van der Waals surface area contributed by atoms with Gasteiger partial charge in [0.15, 0.2) is 0 Å². The van der Waals surface area contributed by atoms with Crippen LogP contribution in [0.25, 0.3) is 0 Å². The number of likely N-dealkylation sites (tertiary alicyclic amines) is 1. The van der Waals surface area contributed by atoms with Gasteiger partial charge < -0.3 is 10.2 Å². The minimum absolute atomic E-state index is 0.127. The van der Waals surface area contributed by atoms with E-state index in [-0.39, 0.29) is 5.91 Å². The second-order valence-corrected chi connectivity index (χ2v) is 6.22. The lowest BCUT2D eigenvalue weighted by Gasteiger charge is -2.22. The number of nitrogens with one attached hydrogen (secondary N) is 1. The van der Waals surface area contributed by atoms with E-state index in [1.54, 1.807) is 0 Å². The van der Waals surface area contributed by atoms with Crippen LogP contribution in [-0.4, -0.2) is 35.4 Å². The highest BCUT2D eigenvalue weighted by Gasteiger charge is 2.30. The summed E-state index contributed by atoms with van der Waals surface area (Å²) in [7, 11) is 1.83. The maximum Gasteiger partial charge on any atom is 0.254 e. The Kier molecular flexibility index (Phi) is 4.31. The van der Waals surface area contributed by atoms with E-state index in [1.807, 2.05) is 24.1 Å². The predicted octanol–water partition coefficient (Wildman–Crippen LogP) is 3.12. The van der Waals surface area contributed by atoms with E-state index in [9.17, 15) is 4.79 Å². The first-order valence-corrected chi connectivity index (χ1v) is 7.43. The van der Waals surface area contributed by atoms with Gasteiger partial charge in [0.05, 0.1) is 0 Å². The zero-order valence-corrected chi connectivity index (χ0v) is 13.1. The fourth-order valence-electron chi connectivity index (χ4n) is 2.85. The normalized spacial score (nSPS) is 22.4. The monoisotopic (exact) mass is 275 g/mol. The van der Waals surface area contributed by atoms with E-state index in [4.69, 9.17) is 0 Å². The van der Waals surface area contributed by atoms with Crippen molar-refractivity contribution in [2.24, 2.45) is 5.92 Å². The smallest absolute Gasteiger partial charge is 0.254 e. The molecule has 1 saturated heterocycles. The van der Waals surface area contributed by atoms with Crippen LogP contribution in [0.1, 0.15) is 56.1 Å². The number of hydrogen-bond acceptors (Lipinski definition) is 3. The maximum atomic E-state index is 12.7. The highest BCUT2D eigenvalue weighted by atomic mass is 16.2. The van der Waals surface area contributed by atoms with Crippen molar-refractivity contribution in [3.05, 3.63) is 23.4 Å². The van der Waals surface area contributed by atoms with Gasteiger partial charge in [-0.2, -0.15) is 0 Å². The summed E-state index contributed by atoms with van der Waals surface area (Å²) >= 11 is 0. The molecule has 4 heteroatoms. The van der Waals surface area contributed by atoms with Gasteiger partial charge in [0.1, 0.15) is 5.82 Å². The zero-order chi connectivity index (χ0) is 14.9. The lowest BCUT2D eigenvalue weighted by atomic mass is 10.1. The molecule has 1 aliphatic heterocycles. The van der Waals surface area contributed by atoms with E-state index in [2.05, 4.69) is 38.0 Å². The number of rotatable bonds is 3. The molecule has 1 N–H and O–H groups in total. The molecule has 4 nitrogen and oxygen atoms in total. The Morgan fingerprint density at radius 2 is 2.10 bits per heavy atom. The lowest BCUT2D eigenvalue weighted by molar-refractivity contribution is 0.0743. The van der Waals surface area contributed by atoms with Crippen molar-refractivity contribution >= 4 is 11.7 Å². The highest BCUT2D eigenvalue weighted by Crippen LogP contribution is 2.26. The summed E-state index contributed by atoms with van der Waals surface area (Å²) in [5.74, 6) is 1.79. The van der Waals surface area contributed by atoms with Gasteiger partial charge in [-0.15, -0.1) is 0 Å². The molecular formula is C16H25N3O. The molecule has 1 fully saturated rings. The third kappa shape index (κ3) is 2.94. The fourth-order valence-corrected chi connectivity index (χ4v) is 2.85. The van der Waals surface area contributed by atoms with Gasteiger partial charge in [-0.25, -0.2) is 4.98 Å². The second-order valence-electron chi connectivity index (χ2n) is 6.22. The van der Waals surface area contributed by atoms with Gasteiger partial charge >= 0.3 is 0 Å². The first-order valence-electron chi connectivity index (χ1n) is 7.43. The number of hydrogen-bond donors (Lipinski definition) is 1. The number of aromatic nitrogens is 1. The Labute approximate surface area is 121 Å². The average Bonchev–Trinajstić information content (AvgIpc) is 2.76. The molecule has 0 aromatic carbocycles. The molecule has 20 heavy (non-hydrogen) atoms. The van der Waals surface area contributed by atoms with E-state index in [0.717, 1.165) is 30.0 Å². The van der Waals surface area contributed by atoms with Gasteiger partial charge in [-0.3, -0.25) is 4.79 Å².